The molecule has 1 rings (SSSR count). The SMILES string of the molecule is CCCCCCC(C)(BC(=O)Cc1cccbc1CC(C)(C)C)CCCCCC. The molecule has 0 radical (unpaired) electrons. The van der Waals surface area contributed by atoms with Gasteiger partial charge in [-0.2, -0.15) is 0 Å². The molecule has 162 valence electrons. The Bertz CT molecular complexity index is 577. The number of rotatable bonds is 15. The summed E-state index contributed by atoms with van der Waals surface area (Å²) in [5, 5.41) is 0.178. The van der Waals surface area contributed by atoms with Crippen molar-refractivity contribution >= 4 is 19.9 Å². The second-order valence-electron chi connectivity index (χ2n) is 10.8. The normalized spacial score (nSPS) is 12.1. The number of hydrogen-bond donors (Lipinski definition) is 0. The first-order valence-electron chi connectivity index (χ1n) is 12.3. The summed E-state index contributed by atoms with van der Waals surface area (Å²) in [5.41, 5.74) is 3.26. The zero-order chi connectivity index (χ0) is 21.8. The van der Waals surface area contributed by atoms with Gasteiger partial charge >= 0.3 is 183 Å². The first-order chi connectivity index (χ1) is 13.7. The average Bonchev–Trinajstić information content (AvgIpc) is 2.63. The molecule has 0 unspecified atom stereocenters. The summed E-state index contributed by atoms with van der Waals surface area (Å²) < 4.78 is 0. The Balaban J connectivity index is 2.75. The Kier molecular flexibility index (Phi) is 12.1. The van der Waals surface area contributed by atoms with Crippen molar-refractivity contribution in [3.05, 3.63) is 29.1 Å². The molecule has 0 aliphatic rings. The predicted octanol–water partition coefficient (Wildman–Crippen LogP) is 7.24. The van der Waals surface area contributed by atoms with Gasteiger partial charge in [-0.3, -0.25) is 0 Å². The van der Waals surface area contributed by atoms with Crippen LogP contribution >= 0.6 is 0 Å². The van der Waals surface area contributed by atoms with Crippen LogP contribution in [0.15, 0.2) is 18.1 Å². The van der Waals surface area contributed by atoms with E-state index in [4.69, 9.17) is 0 Å². The van der Waals surface area contributed by atoms with E-state index >= 15 is 0 Å². The van der Waals surface area contributed by atoms with Crippen molar-refractivity contribution in [1.82, 2.24) is 0 Å². The fourth-order valence-corrected chi connectivity index (χ4v) is 4.48. The van der Waals surface area contributed by atoms with E-state index < -0.39 is 0 Å². The van der Waals surface area contributed by atoms with Gasteiger partial charge < -0.3 is 0 Å². The number of carbonyl (C=O) groups excluding carboxylic acids is 1. The minimum atomic E-state index is 0.178. The average molecular weight is 396 g/mol. The van der Waals surface area contributed by atoms with Crippen molar-refractivity contribution in [2.75, 3.05) is 0 Å². The van der Waals surface area contributed by atoms with Crippen LogP contribution in [0.1, 0.15) is 117 Å². The van der Waals surface area contributed by atoms with E-state index in [9.17, 15) is 4.79 Å². The summed E-state index contributed by atoms with van der Waals surface area (Å²) in [5.74, 6) is 2.11. The van der Waals surface area contributed by atoms with Crippen LogP contribution in [-0.4, -0.2) is 19.9 Å². The molecule has 0 aromatic carbocycles. The monoisotopic (exact) mass is 396 g/mol. The molecule has 0 spiro atoms. The van der Waals surface area contributed by atoms with Gasteiger partial charge in [0.05, 0.1) is 0 Å². The summed E-state index contributed by atoms with van der Waals surface area (Å²) in [6.45, 7) is 15.9. The first-order valence-corrected chi connectivity index (χ1v) is 12.3. The van der Waals surface area contributed by atoms with Gasteiger partial charge in [-0.25, -0.2) is 0 Å². The van der Waals surface area contributed by atoms with E-state index in [1.165, 1.54) is 75.2 Å². The Morgan fingerprint density at radius 2 is 1.52 bits per heavy atom. The fraction of sp³-hybridized carbons (Fsp3) is 0.769. The molecular formula is C26H46B2O. The van der Waals surface area contributed by atoms with Crippen LogP contribution in [0.5, 0.6) is 0 Å². The minimum absolute atomic E-state index is 0.178. The van der Waals surface area contributed by atoms with Gasteiger partial charge in [0.2, 0.25) is 0 Å². The third kappa shape index (κ3) is 11.8. The number of hydrogen-bond acceptors (Lipinski definition) is 1. The van der Waals surface area contributed by atoms with Crippen LogP contribution in [0.2, 0.25) is 5.31 Å². The molecule has 0 saturated heterocycles. The van der Waals surface area contributed by atoms with Gasteiger partial charge in [-0.15, -0.1) is 0 Å². The molecule has 1 aromatic rings. The topological polar surface area (TPSA) is 17.1 Å². The molecule has 0 fully saturated rings. The van der Waals surface area contributed by atoms with Gasteiger partial charge in [0.15, 0.2) is 0 Å². The van der Waals surface area contributed by atoms with Crippen molar-refractivity contribution in [2.45, 2.75) is 124 Å². The second kappa shape index (κ2) is 13.5. The van der Waals surface area contributed by atoms with Crippen molar-refractivity contribution in [3.63, 3.8) is 0 Å². The zero-order valence-electron chi connectivity index (χ0n) is 20.4. The molecule has 29 heavy (non-hydrogen) atoms. The molecular weight excluding hydrogens is 350 g/mol. The zero-order valence-corrected chi connectivity index (χ0v) is 20.4. The van der Waals surface area contributed by atoms with Gasteiger partial charge in [0, 0.05) is 0 Å². The van der Waals surface area contributed by atoms with E-state index in [-0.39, 0.29) is 10.7 Å². The summed E-state index contributed by atoms with van der Waals surface area (Å²) in [7, 11) is 0.745. The summed E-state index contributed by atoms with van der Waals surface area (Å²) in [6.07, 6.45) is 14.4. The van der Waals surface area contributed by atoms with Crippen molar-refractivity contribution in [2.24, 2.45) is 5.41 Å². The Morgan fingerprint density at radius 1 is 0.931 bits per heavy atom. The molecule has 1 aromatic heterocycles. The van der Waals surface area contributed by atoms with Crippen LogP contribution in [0, 0.1) is 5.41 Å². The third-order valence-corrected chi connectivity index (χ3v) is 6.12. The molecule has 1 heterocycles. The fourth-order valence-electron chi connectivity index (χ4n) is 4.48. The molecule has 1 nitrogen and oxygen atoms in total. The summed E-state index contributed by atoms with van der Waals surface area (Å²) >= 11 is 0. The molecule has 0 bridgehead atoms. The van der Waals surface area contributed by atoms with Gasteiger partial charge in [0.1, 0.15) is 0 Å². The maximum absolute atomic E-state index is 13.1. The Labute approximate surface area is 183 Å². The maximum atomic E-state index is 13.1. The Hall–Kier alpha value is -0.850. The van der Waals surface area contributed by atoms with Gasteiger partial charge in [-0.1, -0.05) is 0 Å². The molecule has 0 amide bonds. The van der Waals surface area contributed by atoms with Crippen molar-refractivity contribution < 1.29 is 4.79 Å². The Morgan fingerprint density at radius 3 is 2.03 bits per heavy atom. The van der Waals surface area contributed by atoms with Crippen molar-refractivity contribution in [3.8, 4) is 0 Å². The standard InChI is InChI=1S/C26H46B2O/c1-7-9-11-13-17-26(6,18-14-12-10-8-2)28-24(29)20-22-16-15-19-27-23(22)21-25(3,4)5/h15-16,19,28H,7-14,17-18,20-21H2,1-6H3. The number of unbranched alkanes of at least 4 members (excludes halogenated alkanes) is 6. The summed E-state index contributed by atoms with van der Waals surface area (Å²) in [6, 6.07) is 4.25. The second-order valence-corrected chi connectivity index (χ2v) is 10.8. The van der Waals surface area contributed by atoms with Crippen LogP contribution in [0.4, 0.5) is 0 Å². The van der Waals surface area contributed by atoms with Crippen LogP contribution in [0.25, 0.3) is 0 Å². The number of carbonyl (C=O) groups is 1. The quantitative estimate of drug-likeness (QED) is 0.226. The van der Waals surface area contributed by atoms with E-state index in [2.05, 4.69) is 66.5 Å². The molecule has 3 heteroatoms. The van der Waals surface area contributed by atoms with Gasteiger partial charge in [-0.05, 0) is 0 Å². The molecule has 0 atom stereocenters. The van der Waals surface area contributed by atoms with E-state index in [0.717, 1.165) is 13.7 Å². The molecule has 0 saturated carbocycles. The van der Waals surface area contributed by atoms with Crippen LogP contribution in [-0.2, 0) is 17.6 Å². The molecule has 0 aliphatic carbocycles. The van der Waals surface area contributed by atoms with Crippen molar-refractivity contribution in [1.29, 1.82) is 0 Å². The van der Waals surface area contributed by atoms with Gasteiger partial charge in [0.25, 0.3) is 0 Å². The molecule has 0 aliphatic heterocycles. The molecule has 0 N–H and O–H groups in total. The first kappa shape index (κ1) is 26.2. The van der Waals surface area contributed by atoms with E-state index in [1.807, 2.05) is 0 Å². The summed E-state index contributed by atoms with van der Waals surface area (Å²) in [4.78, 5) is 13.1. The van der Waals surface area contributed by atoms with E-state index in [0.29, 0.717) is 12.1 Å². The third-order valence-electron chi connectivity index (χ3n) is 6.12. The van der Waals surface area contributed by atoms with E-state index in [1.54, 1.807) is 0 Å². The van der Waals surface area contributed by atoms with Crippen LogP contribution in [0.3, 0.4) is 0 Å². The van der Waals surface area contributed by atoms with Crippen LogP contribution < -0.4 is 0 Å². The predicted molar refractivity (Wildman–Crippen MR) is 133 cm³/mol.